The molecule has 145 valence electrons. The molecule has 1 aromatic heterocycles. The maximum absolute atomic E-state index is 10.2. The molecule has 2 aromatic rings. The smallest absolute Gasteiger partial charge is 0.150 e. The molecule has 1 unspecified atom stereocenters. The highest BCUT2D eigenvalue weighted by atomic mass is 127. The van der Waals surface area contributed by atoms with Gasteiger partial charge in [-0.1, -0.05) is 47.0 Å². The Bertz CT molecular complexity index is 1020. The number of nitrogens with zero attached hydrogens (tertiary/aromatic N) is 4. The SMILES string of the molecule is C[B]c1c(C#N)cccc1C1C(C#N)=C(C2CCN(CI)CC2)Nc2[nH]ncc21. The molecule has 8 heteroatoms. The Balaban J connectivity index is 1.84. The maximum atomic E-state index is 10.2. The minimum Gasteiger partial charge on any atom is -0.343 e. The fraction of sp³-hybridized carbons (Fsp3) is 0.381. The van der Waals surface area contributed by atoms with Gasteiger partial charge in [0.2, 0.25) is 0 Å². The van der Waals surface area contributed by atoms with Crippen LogP contribution in [0, 0.1) is 28.6 Å². The van der Waals surface area contributed by atoms with Crippen LogP contribution in [-0.2, 0) is 0 Å². The van der Waals surface area contributed by atoms with E-state index in [0.29, 0.717) is 11.5 Å². The van der Waals surface area contributed by atoms with Gasteiger partial charge in [-0.25, -0.2) is 0 Å². The molecule has 4 rings (SSSR count). The molecule has 0 saturated carbocycles. The molecule has 6 nitrogen and oxygen atoms in total. The molecule has 1 aromatic carbocycles. The van der Waals surface area contributed by atoms with Crippen molar-refractivity contribution in [2.45, 2.75) is 25.6 Å². The van der Waals surface area contributed by atoms with Crippen molar-refractivity contribution in [3.05, 3.63) is 52.4 Å². The van der Waals surface area contributed by atoms with Gasteiger partial charge in [-0.15, -0.1) is 0 Å². The summed E-state index contributed by atoms with van der Waals surface area (Å²) in [6.45, 7) is 4.01. The van der Waals surface area contributed by atoms with Crippen LogP contribution in [-0.4, -0.2) is 40.0 Å². The first-order valence-electron chi connectivity index (χ1n) is 9.76. The van der Waals surface area contributed by atoms with Crippen molar-refractivity contribution in [1.82, 2.24) is 15.1 Å². The summed E-state index contributed by atoms with van der Waals surface area (Å²) in [5.74, 6) is 0.938. The van der Waals surface area contributed by atoms with Crippen LogP contribution in [0.1, 0.15) is 35.4 Å². The van der Waals surface area contributed by atoms with Crippen molar-refractivity contribution in [3.63, 3.8) is 0 Å². The van der Waals surface area contributed by atoms with Crippen molar-refractivity contribution < 1.29 is 0 Å². The van der Waals surface area contributed by atoms with E-state index in [0.717, 1.165) is 64.2 Å². The lowest BCUT2D eigenvalue weighted by Crippen LogP contribution is -2.36. The predicted molar refractivity (Wildman–Crippen MR) is 122 cm³/mol. The number of fused-ring (bicyclic) bond motifs is 1. The van der Waals surface area contributed by atoms with Crippen LogP contribution in [0.2, 0.25) is 6.82 Å². The van der Waals surface area contributed by atoms with Gasteiger partial charge in [0.25, 0.3) is 0 Å². The number of aromatic nitrogens is 2. The molecule has 0 spiro atoms. The predicted octanol–water partition coefficient (Wildman–Crippen LogP) is 3.10. The number of benzene rings is 1. The standard InChI is InChI=1S/C21H21BIN6/c1-22-19-14(9-24)3-2-4-15(19)18-16(10-25)20(27-21-17(18)11-26-28-21)13-5-7-29(12-23)8-6-13/h2-4,11,13,18H,5-8,12H2,1H3,(H2,26,27,28). The number of likely N-dealkylation sites (tertiary alicyclic amines) is 1. The molecule has 1 atom stereocenters. The van der Waals surface area contributed by atoms with Crippen molar-refractivity contribution in [1.29, 1.82) is 10.5 Å². The summed E-state index contributed by atoms with van der Waals surface area (Å²) in [6, 6.07) is 10.5. The second-order valence-electron chi connectivity index (χ2n) is 7.42. The highest BCUT2D eigenvalue weighted by Gasteiger charge is 2.36. The molecular formula is C21H21BIN6. The molecular weight excluding hydrogens is 474 g/mol. The quantitative estimate of drug-likeness (QED) is 0.295. The summed E-state index contributed by atoms with van der Waals surface area (Å²) in [5, 5.41) is 30.6. The maximum Gasteiger partial charge on any atom is 0.150 e. The molecule has 1 radical (unpaired) electrons. The number of nitriles is 2. The minimum atomic E-state index is -0.230. The van der Waals surface area contributed by atoms with Gasteiger partial charge in [0.1, 0.15) is 13.1 Å². The zero-order valence-corrected chi connectivity index (χ0v) is 18.4. The van der Waals surface area contributed by atoms with Crippen LogP contribution < -0.4 is 10.8 Å². The van der Waals surface area contributed by atoms with Crippen LogP contribution >= 0.6 is 22.6 Å². The van der Waals surface area contributed by atoms with Crippen molar-refractivity contribution in [2.24, 2.45) is 5.92 Å². The summed E-state index contributed by atoms with van der Waals surface area (Å²) >= 11 is 2.41. The number of piperidine rings is 1. The van der Waals surface area contributed by atoms with Crippen LogP contribution in [0.15, 0.2) is 35.7 Å². The summed E-state index contributed by atoms with van der Waals surface area (Å²) in [4.78, 5) is 2.44. The van der Waals surface area contributed by atoms with Crippen LogP contribution in [0.5, 0.6) is 0 Å². The number of nitrogens with one attached hydrogen (secondary N) is 2. The largest absolute Gasteiger partial charge is 0.343 e. The lowest BCUT2D eigenvalue weighted by Gasteiger charge is -2.36. The first kappa shape index (κ1) is 20.0. The Morgan fingerprint density at radius 1 is 1.24 bits per heavy atom. The summed E-state index contributed by atoms with van der Waals surface area (Å²) in [5.41, 5.74) is 5.20. The lowest BCUT2D eigenvalue weighted by atomic mass is 9.64. The molecule has 29 heavy (non-hydrogen) atoms. The third kappa shape index (κ3) is 3.56. The Morgan fingerprint density at radius 3 is 2.69 bits per heavy atom. The number of anilines is 1. The average molecular weight is 495 g/mol. The van der Waals surface area contributed by atoms with Crippen molar-refractivity contribution in [2.75, 3.05) is 23.0 Å². The first-order valence-corrected chi connectivity index (χ1v) is 11.3. The lowest BCUT2D eigenvalue weighted by molar-refractivity contribution is 0.233. The van der Waals surface area contributed by atoms with E-state index in [-0.39, 0.29) is 5.92 Å². The third-order valence-corrected chi connectivity index (χ3v) is 6.93. The molecule has 2 aliphatic rings. The summed E-state index contributed by atoms with van der Waals surface area (Å²) < 4.78 is 1.03. The minimum absolute atomic E-state index is 0.230. The topological polar surface area (TPSA) is 91.5 Å². The average Bonchev–Trinajstić information content (AvgIpc) is 3.25. The first-order chi connectivity index (χ1) is 14.2. The fourth-order valence-corrected chi connectivity index (χ4v) is 5.18. The number of alkyl halides is 1. The highest BCUT2D eigenvalue weighted by Crippen LogP contribution is 2.43. The molecule has 0 aliphatic carbocycles. The summed E-state index contributed by atoms with van der Waals surface area (Å²) in [6.07, 6.45) is 3.84. The van der Waals surface area contributed by atoms with Crippen molar-refractivity contribution >= 4 is 41.2 Å². The van der Waals surface area contributed by atoms with Gasteiger partial charge < -0.3 is 5.32 Å². The van der Waals surface area contributed by atoms with Crippen LogP contribution in [0.4, 0.5) is 5.82 Å². The Labute approximate surface area is 185 Å². The van der Waals surface area contributed by atoms with Gasteiger partial charge in [-0.3, -0.25) is 10.00 Å². The van der Waals surface area contributed by atoms with E-state index >= 15 is 0 Å². The van der Waals surface area contributed by atoms with Gasteiger partial charge >= 0.3 is 0 Å². The van der Waals surface area contributed by atoms with Gasteiger partial charge in [-0.05, 0) is 37.6 Å². The van der Waals surface area contributed by atoms with E-state index in [1.807, 2.05) is 32.3 Å². The van der Waals surface area contributed by atoms with Gasteiger partial charge in [0.15, 0.2) is 0 Å². The van der Waals surface area contributed by atoms with Gasteiger partial charge in [0, 0.05) is 22.7 Å². The summed E-state index contributed by atoms with van der Waals surface area (Å²) in [7, 11) is 1.96. The van der Waals surface area contributed by atoms with E-state index in [9.17, 15) is 10.5 Å². The Hall–Kier alpha value is -2.30. The Morgan fingerprint density at radius 2 is 2.03 bits per heavy atom. The van der Waals surface area contributed by atoms with E-state index in [4.69, 9.17) is 0 Å². The third-order valence-electron chi connectivity index (χ3n) is 5.96. The van der Waals surface area contributed by atoms with E-state index < -0.39 is 0 Å². The van der Waals surface area contributed by atoms with Gasteiger partial charge in [-0.2, -0.15) is 15.6 Å². The van der Waals surface area contributed by atoms with E-state index in [2.05, 4.69) is 55.1 Å². The molecule has 1 saturated heterocycles. The number of allylic oxidation sites excluding steroid dienone is 2. The molecule has 2 aliphatic heterocycles. The van der Waals surface area contributed by atoms with Crippen molar-refractivity contribution in [3.8, 4) is 12.1 Å². The molecule has 0 bridgehead atoms. The normalized spacial score (nSPS) is 19.8. The van der Waals surface area contributed by atoms with Crippen LogP contribution in [0.25, 0.3) is 0 Å². The monoisotopic (exact) mass is 495 g/mol. The highest BCUT2D eigenvalue weighted by molar-refractivity contribution is 14.1. The molecule has 0 amide bonds. The van der Waals surface area contributed by atoms with Gasteiger partial charge in [0.05, 0.1) is 34.4 Å². The van der Waals surface area contributed by atoms with Crippen LogP contribution in [0.3, 0.4) is 0 Å². The molecule has 2 N–H and O–H groups in total. The van der Waals surface area contributed by atoms with E-state index in [1.54, 1.807) is 6.20 Å². The molecule has 1 fully saturated rings. The zero-order valence-electron chi connectivity index (χ0n) is 16.2. The zero-order chi connectivity index (χ0) is 20.4. The Kier molecular flexibility index (Phi) is 5.93. The second kappa shape index (κ2) is 8.60. The van der Waals surface area contributed by atoms with E-state index in [1.165, 1.54) is 0 Å². The second-order valence-corrected chi connectivity index (χ2v) is 8.10. The number of rotatable bonds is 4. The number of aromatic amines is 1. The number of halogens is 1. The number of H-pyrrole nitrogens is 1. The number of hydrogen-bond donors (Lipinski definition) is 2. The fourth-order valence-electron chi connectivity index (χ4n) is 4.49. The number of hydrogen-bond acceptors (Lipinski definition) is 5. The molecule has 3 heterocycles.